The molecule has 1 aromatic heterocycles. The number of non-ortho nitro benzene ring substituents is 1. The third-order valence-corrected chi connectivity index (χ3v) is 4.99. The molecule has 0 aliphatic carbocycles. The number of amides is 1. The first-order valence-corrected chi connectivity index (χ1v) is 9.69. The molecule has 0 fully saturated rings. The van der Waals surface area contributed by atoms with E-state index in [-0.39, 0.29) is 5.69 Å². The molecule has 8 nitrogen and oxygen atoms in total. The van der Waals surface area contributed by atoms with Crippen LogP contribution in [0.5, 0.6) is 0 Å². The Balaban J connectivity index is 1.51. The van der Waals surface area contributed by atoms with Crippen molar-refractivity contribution in [2.75, 3.05) is 0 Å². The number of aromatic amines is 1. The summed E-state index contributed by atoms with van der Waals surface area (Å²) in [5.41, 5.74) is 5.43. The summed E-state index contributed by atoms with van der Waals surface area (Å²) in [4.78, 5) is 30.3. The highest BCUT2D eigenvalue weighted by Crippen LogP contribution is 2.23. The van der Waals surface area contributed by atoms with Crippen LogP contribution in [0.15, 0.2) is 65.8 Å². The summed E-state index contributed by atoms with van der Waals surface area (Å²) >= 11 is 11.9. The fraction of sp³-hybridized carbons (Fsp3) is 0. The molecular formula is C21H13Cl2N5O3. The standard InChI is InChI=1S/C21H13Cl2N5O3/c22-15-5-1-14(17(23)10-15)11-24-27-21(29)13-4-8-18-19(9-13)26-20(25-18)12-2-6-16(7-3-12)28(30)31/h1-11H,(H,25,26)(H,27,29)/b24-11-. The minimum Gasteiger partial charge on any atom is -0.338 e. The van der Waals surface area contributed by atoms with Crippen LogP contribution >= 0.6 is 23.2 Å². The van der Waals surface area contributed by atoms with Crippen molar-refractivity contribution in [1.82, 2.24) is 15.4 Å². The molecule has 0 bridgehead atoms. The largest absolute Gasteiger partial charge is 0.338 e. The van der Waals surface area contributed by atoms with Crippen molar-refractivity contribution < 1.29 is 9.72 Å². The summed E-state index contributed by atoms with van der Waals surface area (Å²) in [7, 11) is 0. The van der Waals surface area contributed by atoms with Gasteiger partial charge < -0.3 is 4.98 Å². The maximum absolute atomic E-state index is 12.4. The molecule has 0 atom stereocenters. The molecular weight excluding hydrogens is 441 g/mol. The number of nitrogens with zero attached hydrogens (tertiary/aromatic N) is 3. The van der Waals surface area contributed by atoms with E-state index in [1.165, 1.54) is 18.3 Å². The minimum absolute atomic E-state index is 0.000684. The molecule has 0 radical (unpaired) electrons. The summed E-state index contributed by atoms with van der Waals surface area (Å²) in [6, 6.07) is 16.0. The molecule has 31 heavy (non-hydrogen) atoms. The number of aromatic nitrogens is 2. The highest BCUT2D eigenvalue weighted by Gasteiger charge is 2.11. The van der Waals surface area contributed by atoms with Crippen LogP contribution < -0.4 is 5.43 Å². The van der Waals surface area contributed by atoms with Gasteiger partial charge in [-0.05, 0) is 42.5 Å². The lowest BCUT2D eigenvalue weighted by atomic mass is 10.2. The molecule has 3 aromatic carbocycles. The van der Waals surface area contributed by atoms with Crippen LogP contribution in [0, 0.1) is 10.1 Å². The van der Waals surface area contributed by atoms with Gasteiger partial charge in [-0.2, -0.15) is 5.10 Å². The third-order valence-electron chi connectivity index (χ3n) is 4.43. The van der Waals surface area contributed by atoms with Crippen LogP contribution in [-0.4, -0.2) is 27.0 Å². The smallest absolute Gasteiger partial charge is 0.271 e. The van der Waals surface area contributed by atoms with Crippen LogP contribution in [0.3, 0.4) is 0 Å². The molecule has 1 amide bonds. The van der Waals surface area contributed by atoms with Gasteiger partial charge in [-0.15, -0.1) is 0 Å². The molecule has 10 heteroatoms. The summed E-state index contributed by atoms with van der Waals surface area (Å²) < 4.78 is 0. The van der Waals surface area contributed by atoms with E-state index in [9.17, 15) is 14.9 Å². The average Bonchev–Trinajstić information content (AvgIpc) is 3.18. The number of carbonyl (C=O) groups excluding carboxylic acids is 1. The lowest BCUT2D eigenvalue weighted by molar-refractivity contribution is -0.384. The number of hydrogen-bond donors (Lipinski definition) is 2. The maximum atomic E-state index is 12.4. The van der Waals surface area contributed by atoms with E-state index in [1.807, 2.05) is 0 Å². The van der Waals surface area contributed by atoms with Crippen LogP contribution in [0.25, 0.3) is 22.4 Å². The van der Waals surface area contributed by atoms with Crippen LogP contribution in [0.4, 0.5) is 5.69 Å². The Morgan fingerprint density at radius 2 is 1.87 bits per heavy atom. The normalized spacial score (nSPS) is 11.2. The first-order chi connectivity index (χ1) is 14.9. The number of halogens is 2. The van der Waals surface area contributed by atoms with Gasteiger partial charge >= 0.3 is 0 Å². The number of nitro groups is 1. The fourth-order valence-corrected chi connectivity index (χ4v) is 3.32. The Hall–Kier alpha value is -3.75. The molecule has 0 spiro atoms. The van der Waals surface area contributed by atoms with Crippen molar-refractivity contribution >= 4 is 52.0 Å². The van der Waals surface area contributed by atoms with E-state index in [0.717, 1.165) is 0 Å². The van der Waals surface area contributed by atoms with Crippen LogP contribution in [0.1, 0.15) is 15.9 Å². The zero-order chi connectivity index (χ0) is 22.0. The van der Waals surface area contributed by atoms with E-state index in [2.05, 4.69) is 20.5 Å². The fourth-order valence-electron chi connectivity index (χ4n) is 2.86. The minimum atomic E-state index is -0.462. The molecule has 0 unspecified atom stereocenters. The number of nitro benzene ring substituents is 1. The number of H-pyrrole nitrogens is 1. The number of rotatable bonds is 5. The highest BCUT2D eigenvalue weighted by molar-refractivity contribution is 6.36. The lowest BCUT2D eigenvalue weighted by Gasteiger charge is -2.01. The first kappa shape index (κ1) is 20.5. The number of fused-ring (bicyclic) bond motifs is 1. The summed E-state index contributed by atoms with van der Waals surface area (Å²) in [6.45, 7) is 0. The van der Waals surface area contributed by atoms with Crippen molar-refractivity contribution in [1.29, 1.82) is 0 Å². The Morgan fingerprint density at radius 1 is 1.10 bits per heavy atom. The molecule has 154 valence electrons. The number of hydrogen-bond acceptors (Lipinski definition) is 5. The average molecular weight is 454 g/mol. The number of imidazole rings is 1. The van der Waals surface area contributed by atoms with E-state index in [4.69, 9.17) is 23.2 Å². The van der Waals surface area contributed by atoms with E-state index < -0.39 is 10.8 Å². The van der Waals surface area contributed by atoms with Crippen molar-refractivity contribution in [2.24, 2.45) is 5.10 Å². The Labute approximate surface area is 185 Å². The molecule has 1 heterocycles. The predicted octanol–water partition coefficient (Wildman–Crippen LogP) is 5.21. The van der Waals surface area contributed by atoms with Crippen LogP contribution in [-0.2, 0) is 0 Å². The van der Waals surface area contributed by atoms with Gasteiger partial charge in [0.1, 0.15) is 5.82 Å². The second-order valence-corrected chi connectivity index (χ2v) is 7.33. The monoisotopic (exact) mass is 453 g/mol. The van der Waals surface area contributed by atoms with Crippen molar-refractivity contribution in [3.8, 4) is 11.4 Å². The predicted molar refractivity (Wildman–Crippen MR) is 120 cm³/mol. The molecule has 0 aliphatic rings. The Bertz CT molecular complexity index is 1330. The van der Waals surface area contributed by atoms with Gasteiger partial charge in [-0.25, -0.2) is 10.4 Å². The first-order valence-electron chi connectivity index (χ1n) is 8.94. The van der Waals surface area contributed by atoms with Gasteiger partial charge in [-0.1, -0.05) is 29.3 Å². The Morgan fingerprint density at radius 3 is 2.58 bits per heavy atom. The van der Waals surface area contributed by atoms with E-state index in [0.29, 0.717) is 43.6 Å². The van der Waals surface area contributed by atoms with Gasteiger partial charge in [0.05, 0.1) is 27.2 Å². The summed E-state index contributed by atoms with van der Waals surface area (Å²) in [5.74, 6) is 0.132. The third kappa shape index (κ3) is 4.55. The van der Waals surface area contributed by atoms with Gasteiger partial charge in [0, 0.05) is 33.8 Å². The Kier molecular flexibility index (Phi) is 5.66. The molecule has 0 aliphatic heterocycles. The molecule has 0 saturated carbocycles. The zero-order valence-electron chi connectivity index (χ0n) is 15.7. The maximum Gasteiger partial charge on any atom is 0.271 e. The number of hydrazone groups is 1. The number of benzene rings is 3. The van der Waals surface area contributed by atoms with E-state index in [1.54, 1.807) is 48.5 Å². The zero-order valence-corrected chi connectivity index (χ0v) is 17.2. The number of carbonyl (C=O) groups is 1. The summed E-state index contributed by atoms with van der Waals surface area (Å²) in [6.07, 6.45) is 1.43. The lowest BCUT2D eigenvalue weighted by Crippen LogP contribution is -2.17. The molecule has 4 aromatic rings. The molecule has 4 rings (SSSR count). The van der Waals surface area contributed by atoms with Gasteiger partial charge in [0.2, 0.25) is 0 Å². The second kappa shape index (κ2) is 8.55. The second-order valence-electron chi connectivity index (χ2n) is 6.49. The van der Waals surface area contributed by atoms with Crippen molar-refractivity contribution in [3.63, 3.8) is 0 Å². The van der Waals surface area contributed by atoms with Gasteiger partial charge in [-0.3, -0.25) is 14.9 Å². The van der Waals surface area contributed by atoms with Crippen molar-refractivity contribution in [3.05, 3.63) is 92.0 Å². The van der Waals surface area contributed by atoms with Crippen molar-refractivity contribution in [2.45, 2.75) is 0 Å². The SMILES string of the molecule is O=C(N/N=C\c1ccc(Cl)cc1Cl)c1ccc2nc(-c3ccc([N+](=O)[O-])cc3)[nH]c2c1. The molecule has 0 saturated heterocycles. The quantitative estimate of drug-likeness (QED) is 0.245. The molecule has 2 N–H and O–H groups in total. The van der Waals surface area contributed by atoms with Crippen LogP contribution in [0.2, 0.25) is 10.0 Å². The van der Waals surface area contributed by atoms with E-state index >= 15 is 0 Å². The van der Waals surface area contributed by atoms with Gasteiger partial charge in [0.15, 0.2) is 0 Å². The summed E-state index contributed by atoms with van der Waals surface area (Å²) in [5, 5.41) is 15.7. The highest BCUT2D eigenvalue weighted by atomic mass is 35.5. The topological polar surface area (TPSA) is 113 Å². The number of nitrogens with one attached hydrogen (secondary N) is 2. The van der Waals surface area contributed by atoms with Gasteiger partial charge in [0.25, 0.3) is 11.6 Å².